The molecule has 0 radical (unpaired) electrons. The molecule has 3 nitrogen and oxygen atoms in total. The summed E-state index contributed by atoms with van der Waals surface area (Å²) in [5.41, 5.74) is 43.8. The molecule has 3 heteroatoms. The largest absolute Gasteiger partial charge is 0.310 e. The first-order chi connectivity index (χ1) is 72.5. The van der Waals surface area contributed by atoms with Crippen LogP contribution in [0.5, 0.6) is 0 Å². The molecule has 147 heavy (non-hydrogen) atoms. The molecular weight excluding hydrogens is 1770 g/mol. The number of hydrogen-bond donors (Lipinski definition) is 0. The first-order valence-electron chi connectivity index (χ1n) is 51.1. The molecule has 0 spiro atoms. The molecule has 0 unspecified atom stereocenters. The Labute approximate surface area is 861 Å². The van der Waals surface area contributed by atoms with E-state index in [1.54, 1.807) is 0 Å². The van der Waals surface area contributed by atoms with Gasteiger partial charge in [-0.3, -0.25) is 0 Å². The Bertz CT molecular complexity index is 8620. The summed E-state index contributed by atoms with van der Waals surface area (Å²) in [7, 11) is 0. The zero-order valence-electron chi connectivity index (χ0n) is 82.3. The highest BCUT2D eigenvalue weighted by Gasteiger charge is 2.44. The summed E-state index contributed by atoms with van der Waals surface area (Å²) in [4.78, 5) is 7.17. The van der Waals surface area contributed by atoms with Gasteiger partial charge in [0.05, 0.1) is 0 Å². The predicted octanol–water partition coefficient (Wildman–Crippen LogP) is 38.9. The number of nitrogens with zero attached hydrogens (tertiary/aromatic N) is 3. The van der Waals surface area contributed by atoms with E-state index in [-0.39, 0.29) is 16.2 Å². The molecule has 0 saturated carbocycles. The molecule has 0 aliphatic heterocycles. The van der Waals surface area contributed by atoms with Crippen LogP contribution in [0, 0.1) is 0 Å². The van der Waals surface area contributed by atoms with Crippen molar-refractivity contribution in [2.24, 2.45) is 0 Å². The molecule has 27 rings (SSSR count). The molecule has 0 heterocycles. The summed E-state index contributed by atoms with van der Waals surface area (Å²) in [6.07, 6.45) is 0. The van der Waals surface area contributed by atoms with Crippen LogP contribution in [-0.2, 0) is 16.2 Å². The van der Waals surface area contributed by atoms with Crippen molar-refractivity contribution in [2.75, 3.05) is 14.7 Å². The summed E-state index contributed by atoms with van der Waals surface area (Å²) >= 11 is 0. The van der Waals surface area contributed by atoms with Crippen molar-refractivity contribution in [3.63, 3.8) is 0 Å². The van der Waals surface area contributed by atoms with Crippen LogP contribution in [0.2, 0.25) is 0 Å². The molecule has 24 aromatic carbocycles. The monoisotopic (exact) mass is 1880 g/mol. The fourth-order valence-electron chi connectivity index (χ4n) is 23.6. The van der Waals surface area contributed by atoms with E-state index in [1.165, 1.54) is 183 Å². The van der Waals surface area contributed by atoms with Gasteiger partial charge < -0.3 is 14.7 Å². The van der Waals surface area contributed by atoms with Crippen LogP contribution in [-0.4, -0.2) is 0 Å². The van der Waals surface area contributed by atoms with Crippen molar-refractivity contribution in [1.82, 2.24) is 0 Å². The molecular formula is C144H105N3. The molecule has 0 aromatic heterocycles. The Morgan fingerprint density at radius 2 is 0.293 bits per heavy atom. The van der Waals surface area contributed by atoms with Crippen LogP contribution < -0.4 is 14.7 Å². The number of rotatable bonds is 18. The molecule has 0 saturated heterocycles. The molecule has 24 aromatic rings. The fraction of sp³-hybridized carbons (Fsp3) is 0.0417. The molecule has 0 fully saturated rings. The van der Waals surface area contributed by atoms with Gasteiger partial charge in [0.25, 0.3) is 0 Å². The lowest BCUT2D eigenvalue weighted by Crippen LogP contribution is -2.23. The van der Waals surface area contributed by atoms with Gasteiger partial charge in [0.15, 0.2) is 0 Å². The third-order valence-corrected chi connectivity index (χ3v) is 31.1. The summed E-state index contributed by atoms with van der Waals surface area (Å²) in [6, 6.07) is 212. The van der Waals surface area contributed by atoms with Gasteiger partial charge in [0, 0.05) is 67.4 Å². The molecule has 3 aliphatic rings. The van der Waals surface area contributed by atoms with E-state index in [0.717, 1.165) is 51.2 Å². The highest BCUT2D eigenvalue weighted by atomic mass is 15.2. The molecule has 0 bridgehead atoms. The van der Waals surface area contributed by atoms with Gasteiger partial charge in [-0.25, -0.2) is 0 Å². The van der Waals surface area contributed by atoms with Crippen LogP contribution in [0.1, 0.15) is 70.8 Å². The molecule has 696 valence electrons. The second kappa shape index (κ2) is 38.4. The summed E-state index contributed by atoms with van der Waals surface area (Å²) in [5.74, 6) is 0. The van der Waals surface area contributed by atoms with Gasteiger partial charge in [-0.15, -0.1) is 0 Å². The normalized spacial score (nSPS) is 12.8. The maximum Gasteiger partial charge on any atom is 0.0464 e. The number of anilines is 9. The van der Waals surface area contributed by atoms with Gasteiger partial charge in [0.1, 0.15) is 0 Å². The topological polar surface area (TPSA) is 9.72 Å². The Kier molecular flexibility index (Phi) is 23.4. The Balaban J connectivity index is 0.000000115. The van der Waals surface area contributed by atoms with E-state index in [4.69, 9.17) is 0 Å². The van der Waals surface area contributed by atoms with Crippen LogP contribution in [0.4, 0.5) is 51.2 Å². The van der Waals surface area contributed by atoms with E-state index >= 15 is 0 Å². The highest BCUT2D eigenvalue weighted by molar-refractivity contribution is 6.01. The maximum atomic E-state index is 2.40. The standard InChI is InChI=1S/C52H37N.C48H35N.C44H33N/c1-52(50-25-8-6-21-48(50)49-22-7-9-26-51(49)52)40-17-12-18-43(35-40)53(41-31-27-38(28-32-41)46-23-10-15-36-13-2-4-19-44(36)46)42-33-29-39(30-34-42)47-24-11-16-37-14-3-5-20-45(37)47;1-48(46-23-9-7-20-44(46)45-21-8-10-24-47(45)48)38-17-12-18-41(33-38)49(39-29-25-35(26-30-39)34-13-3-2-4-14-34)40-31-27-37(28-32-40)43-22-11-16-36-15-5-6-19-42(36)43;1-44(42-21-10-8-19-40(42)41-20-9-11-22-43(41)44)36-17-12-18-39(31-36)45(37-27-23-34(24-28-37)32-13-4-2-5-14-32)38-29-25-35(26-30-38)33-15-6-3-7-16-33/h2-35H,1H3;2-33H,1H3;2-31H,1H3. The van der Waals surface area contributed by atoms with E-state index in [0.29, 0.717) is 0 Å². The highest BCUT2D eigenvalue weighted by Crippen LogP contribution is 2.58. The minimum absolute atomic E-state index is 0.261. The number of hydrogen-bond acceptors (Lipinski definition) is 3. The quantitative estimate of drug-likeness (QED) is 0.0848. The average molecular weight is 1880 g/mol. The van der Waals surface area contributed by atoms with Gasteiger partial charge in [0.2, 0.25) is 0 Å². The van der Waals surface area contributed by atoms with E-state index in [9.17, 15) is 0 Å². The molecule has 3 aliphatic carbocycles. The van der Waals surface area contributed by atoms with Gasteiger partial charge in [-0.1, -0.05) is 473 Å². The Hall–Kier alpha value is -18.5. The predicted molar refractivity (Wildman–Crippen MR) is 621 cm³/mol. The second-order valence-electron chi connectivity index (χ2n) is 39.3. The SMILES string of the molecule is CC1(c2cccc(N(c3ccc(-c4cccc5ccccc45)cc3)c3ccc(-c4cccc5ccccc45)cc3)c2)c2ccccc2-c2ccccc21.CC1(c2cccc(N(c3ccc(-c4ccccc4)cc3)c3ccc(-c4cccc5ccccc45)cc3)c2)c2ccccc2-c2ccccc21.CC1(c2cccc(N(c3ccc(-c4ccccc4)cc3)c3ccc(-c4ccccc4)cc3)c2)c2ccccc2-c2ccccc21. The Morgan fingerprint density at radius 1 is 0.122 bits per heavy atom. The van der Waals surface area contributed by atoms with Gasteiger partial charge in [-0.05, 0) is 312 Å². The minimum Gasteiger partial charge on any atom is -0.310 e. The second-order valence-corrected chi connectivity index (χ2v) is 39.3. The maximum absolute atomic E-state index is 2.40. The van der Waals surface area contributed by atoms with Crippen LogP contribution in [0.15, 0.2) is 582 Å². The number of benzene rings is 24. The summed E-state index contributed by atoms with van der Waals surface area (Å²) in [6.45, 7) is 7.15. The van der Waals surface area contributed by atoms with E-state index in [2.05, 4.69) is 618 Å². The lowest BCUT2D eigenvalue weighted by molar-refractivity contribution is 0.714. The smallest absolute Gasteiger partial charge is 0.0464 e. The molecule has 0 N–H and O–H groups in total. The van der Waals surface area contributed by atoms with Crippen molar-refractivity contribution in [3.05, 3.63) is 632 Å². The van der Waals surface area contributed by atoms with Gasteiger partial charge >= 0.3 is 0 Å². The van der Waals surface area contributed by atoms with Crippen LogP contribution >= 0.6 is 0 Å². The van der Waals surface area contributed by atoms with Crippen molar-refractivity contribution < 1.29 is 0 Å². The van der Waals surface area contributed by atoms with Crippen molar-refractivity contribution >= 4 is 83.5 Å². The summed E-state index contributed by atoms with van der Waals surface area (Å²) in [5, 5.41) is 7.56. The van der Waals surface area contributed by atoms with Gasteiger partial charge in [-0.2, -0.15) is 0 Å². The fourth-order valence-corrected chi connectivity index (χ4v) is 23.6. The third-order valence-electron chi connectivity index (χ3n) is 31.1. The van der Waals surface area contributed by atoms with Crippen molar-refractivity contribution in [1.29, 1.82) is 0 Å². The van der Waals surface area contributed by atoms with E-state index in [1.807, 2.05) is 0 Å². The third kappa shape index (κ3) is 16.3. The van der Waals surface area contributed by atoms with Crippen molar-refractivity contribution in [2.45, 2.75) is 37.0 Å². The lowest BCUT2D eigenvalue weighted by Gasteiger charge is -2.31. The first-order valence-corrected chi connectivity index (χ1v) is 51.1. The molecule has 0 amide bonds. The molecule has 0 atom stereocenters. The van der Waals surface area contributed by atoms with Crippen LogP contribution in [0.3, 0.4) is 0 Å². The zero-order valence-corrected chi connectivity index (χ0v) is 82.3. The van der Waals surface area contributed by atoms with Crippen molar-refractivity contribution in [3.8, 4) is 100 Å². The van der Waals surface area contributed by atoms with Crippen LogP contribution in [0.25, 0.3) is 132 Å². The number of fused-ring (bicyclic) bond motifs is 12. The van der Waals surface area contributed by atoms with E-state index < -0.39 is 0 Å². The zero-order chi connectivity index (χ0) is 98.4. The summed E-state index contributed by atoms with van der Waals surface area (Å²) < 4.78 is 0. The first kappa shape index (κ1) is 89.8. The Morgan fingerprint density at radius 3 is 0.524 bits per heavy atom. The average Bonchev–Trinajstić information content (AvgIpc) is 1.57. The minimum atomic E-state index is -0.286. The lowest BCUT2D eigenvalue weighted by atomic mass is 9.74.